The van der Waals surface area contributed by atoms with Gasteiger partial charge in [-0.15, -0.1) is 0 Å². The summed E-state index contributed by atoms with van der Waals surface area (Å²) in [5.74, 6) is 0.0415. The van der Waals surface area contributed by atoms with Gasteiger partial charge >= 0.3 is 12.1 Å². The van der Waals surface area contributed by atoms with Gasteiger partial charge in [-0.05, 0) is 47.5 Å². The summed E-state index contributed by atoms with van der Waals surface area (Å²) in [7, 11) is 1.24. The van der Waals surface area contributed by atoms with E-state index in [4.69, 9.17) is 14.6 Å². The summed E-state index contributed by atoms with van der Waals surface area (Å²) in [6.45, 7) is 0.947. The lowest BCUT2D eigenvalue weighted by Gasteiger charge is -2.42. The zero-order valence-corrected chi connectivity index (χ0v) is 17.8. The number of methoxy groups -OCH3 is 1. The lowest BCUT2D eigenvalue weighted by atomic mass is 9.94. The van der Waals surface area contributed by atoms with Crippen LogP contribution in [0.25, 0.3) is 11.1 Å². The van der Waals surface area contributed by atoms with E-state index in [0.717, 1.165) is 17.7 Å². The molecule has 1 N–H and O–H groups in total. The number of nitrogens with zero attached hydrogens (tertiary/aromatic N) is 1. The van der Waals surface area contributed by atoms with Crippen molar-refractivity contribution in [3.63, 3.8) is 0 Å². The van der Waals surface area contributed by atoms with Crippen LogP contribution in [0.5, 0.6) is 5.75 Å². The Kier molecular flexibility index (Phi) is 6.29. The van der Waals surface area contributed by atoms with Crippen LogP contribution in [0.3, 0.4) is 0 Å². The summed E-state index contributed by atoms with van der Waals surface area (Å²) >= 11 is 0. The Morgan fingerprint density at radius 1 is 1.06 bits per heavy atom. The number of carbonyl (C=O) groups is 1. The minimum absolute atomic E-state index is 0.0493. The Hall–Kier alpha value is -3.52. The first-order valence-electron chi connectivity index (χ1n) is 10.3. The normalized spacial score (nSPS) is 14.0. The maximum absolute atomic E-state index is 13.3. The van der Waals surface area contributed by atoms with Gasteiger partial charge in [-0.25, -0.2) is 4.79 Å². The Morgan fingerprint density at radius 2 is 1.76 bits per heavy atom. The van der Waals surface area contributed by atoms with Crippen LogP contribution in [0.1, 0.15) is 21.5 Å². The maximum Gasteiger partial charge on any atom is 0.416 e. The highest BCUT2D eigenvalue weighted by Gasteiger charge is 2.34. The molecule has 1 heterocycles. The van der Waals surface area contributed by atoms with E-state index in [-0.39, 0.29) is 23.8 Å². The lowest BCUT2D eigenvalue weighted by molar-refractivity contribution is -0.137. The zero-order valence-electron chi connectivity index (χ0n) is 17.8. The Labute approximate surface area is 189 Å². The van der Waals surface area contributed by atoms with Gasteiger partial charge in [0.2, 0.25) is 0 Å². The Bertz CT molecular complexity index is 1140. The third-order valence-corrected chi connectivity index (χ3v) is 5.52. The molecule has 0 spiro atoms. The largest absolute Gasteiger partial charge is 0.487 e. The molecule has 172 valence electrons. The molecule has 1 aliphatic heterocycles. The summed E-state index contributed by atoms with van der Waals surface area (Å²) in [5.41, 5.74) is 1.49. The molecule has 1 saturated heterocycles. The second-order valence-electron chi connectivity index (χ2n) is 7.72. The summed E-state index contributed by atoms with van der Waals surface area (Å²) in [6.07, 6.45) is -4.63. The van der Waals surface area contributed by atoms with Crippen molar-refractivity contribution in [2.75, 3.05) is 25.1 Å². The molecule has 1 fully saturated rings. The molecule has 0 bridgehead atoms. The fourth-order valence-corrected chi connectivity index (χ4v) is 3.81. The number of rotatable bonds is 6. The molecule has 33 heavy (non-hydrogen) atoms. The highest BCUT2D eigenvalue weighted by molar-refractivity contribution is 6.01. The smallest absolute Gasteiger partial charge is 0.416 e. The van der Waals surface area contributed by atoms with Crippen LogP contribution in [0, 0.1) is 0 Å². The molecular weight excluding hydrogens is 435 g/mol. The minimum Gasteiger partial charge on any atom is -0.487 e. The van der Waals surface area contributed by atoms with E-state index in [1.54, 1.807) is 48.5 Å². The molecule has 4 rings (SSSR count). The van der Waals surface area contributed by atoms with E-state index in [1.165, 1.54) is 13.2 Å². The van der Waals surface area contributed by atoms with Gasteiger partial charge in [0.25, 0.3) is 0 Å². The number of alkyl halides is 3. The molecule has 0 radical (unpaired) electrons. The summed E-state index contributed by atoms with van der Waals surface area (Å²) < 4.78 is 50.8. The number of hydrogen-bond acceptors (Lipinski definition) is 5. The topological polar surface area (TPSA) is 59.0 Å². The van der Waals surface area contributed by atoms with Crippen LogP contribution in [-0.2, 0) is 17.5 Å². The monoisotopic (exact) mass is 457 g/mol. The zero-order chi connectivity index (χ0) is 23.6. The van der Waals surface area contributed by atoms with Crippen LogP contribution in [0.15, 0.2) is 66.7 Å². The molecule has 1 aliphatic rings. The van der Waals surface area contributed by atoms with Gasteiger partial charge in [0.1, 0.15) is 11.9 Å². The van der Waals surface area contributed by atoms with Gasteiger partial charge in [0.05, 0.1) is 37.9 Å². The number of benzene rings is 3. The average molecular weight is 457 g/mol. The number of carbonyl (C=O) groups excluding carboxylic acids is 1. The molecular formula is C25H22F3NO4. The maximum atomic E-state index is 13.3. The fraction of sp³-hybridized carbons (Fsp3) is 0.240. The number of esters is 1. The van der Waals surface area contributed by atoms with Gasteiger partial charge in [-0.1, -0.05) is 30.3 Å². The van der Waals surface area contributed by atoms with Crippen molar-refractivity contribution in [1.82, 2.24) is 0 Å². The average Bonchev–Trinajstić information content (AvgIpc) is 2.80. The highest BCUT2D eigenvalue weighted by Crippen LogP contribution is 2.39. The Morgan fingerprint density at radius 3 is 2.39 bits per heavy atom. The molecule has 0 aromatic heterocycles. The van der Waals surface area contributed by atoms with Crippen LogP contribution in [-0.4, -0.2) is 37.4 Å². The lowest BCUT2D eigenvalue weighted by Crippen LogP contribution is -2.54. The van der Waals surface area contributed by atoms with E-state index in [0.29, 0.717) is 30.1 Å². The molecule has 0 saturated carbocycles. The van der Waals surface area contributed by atoms with Gasteiger partial charge in [0.15, 0.2) is 0 Å². The van der Waals surface area contributed by atoms with Crippen LogP contribution >= 0.6 is 0 Å². The van der Waals surface area contributed by atoms with Crippen molar-refractivity contribution in [3.05, 3.63) is 83.4 Å². The van der Waals surface area contributed by atoms with E-state index in [1.807, 2.05) is 4.90 Å². The SMILES string of the molecule is COC(=O)c1cccc(N2CC(Oc3ccc(CO)cc3)C2)c1-c1cccc(C(F)(F)F)c1. The fourth-order valence-electron chi connectivity index (χ4n) is 3.81. The molecule has 3 aromatic rings. The highest BCUT2D eigenvalue weighted by atomic mass is 19.4. The van der Waals surface area contributed by atoms with E-state index in [2.05, 4.69) is 0 Å². The predicted octanol–water partition coefficient (Wildman–Crippen LogP) is 4.92. The molecule has 0 atom stereocenters. The molecule has 8 heteroatoms. The molecule has 0 amide bonds. The van der Waals surface area contributed by atoms with Crippen molar-refractivity contribution >= 4 is 11.7 Å². The number of aliphatic hydroxyl groups is 1. The van der Waals surface area contributed by atoms with Gasteiger partial charge < -0.3 is 19.5 Å². The first kappa shape index (κ1) is 22.7. The number of anilines is 1. The quantitative estimate of drug-likeness (QED) is 0.533. The van der Waals surface area contributed by atoms with Crippen molar-refractivity contribution in [2.24, 2.45) is 0 Å². The van der Waals surface area contributed by atoms with E-state index in [9.17, 15) is 18.0 Å². The van der Waals surface area contributed by atoms with E-state index < -0.39 is 17.7 Å². The number of halogens is 3. The number of ether oxygens (including phenoxy) is 2. The number of aliphatic hydroxyl groups excluding tert-OH is 1. The molecule has 3 aromatic carbocycles. The van der Waals surface area contributed by atoms with E-state index >= 15 is 0 Å². The third kappa shape index (κ3) is 4.80. The molecule has 0 unspecified atom stereocenters. The predicted molar refractivity (Wildman–Crippen MR) is 117 cm³/mol. The van der Waals surface area contributed by atoms with Crippen LogP contribution in [0.2, 0.25) is 0 Å². The third-order valence-electron chi connectivity index (χ3n) is 5.52. The standard InChI is InChI=1S/C25H22F3NO4/c1-32-24(31)21-6-3-7-22(23(21)17-4-2-5-18(12-17)25(26,27)28)29-13-20(14-29)33-19-10-8-16(15-30)9-11-19/h2-12,20,30H,13-15H2,1H3. The summed E-state index contributed by atoms with van der Waals surface area (Å²) in [4.78, 5) is 14.4. The Balaban J connectivity index is 1.62. The summed E-state index contributed by atoms with van der Waals surface area (Å²) in [6, 6.07) is 17.0. The number of hydrogen-bond donors (Lipinski definition) is 1. The van der Waals surface area contributed by atoms with Crippen molar-refractivity contribution in [2.45, 2.75) is 18.9 Å². The van der Waals surface area contributed by atoms with Crippen molar-refractivity contribution < 1.29 is 32.5 Å². The van der Waals surface area contributed by atoms with Gasteiger partial charge in [-0.3, -0.25) is 0 Å². The van der Waals surface area contributed by atoms with Crippen LogP contribution in [0.4, 0.5) is 18.9 Å². The van der Waals surface area contributed by atoms with Gasteiger partial charge in [0, 0.05) is 11.3 Å². The second kappa shape index (κ2) is 9.15. The van der Waals surface area contributed by atoms with Crippen LogP contribution < -0.4 is 9.64 Å². The first-order chi connectivity index (χ1) is 15.8. The van der Waals surface area contributed by atoms with Crippen molar-refractivity contribution in [3.8, 4) is 16.9 Å². The first-order valence-corrected chi connectivity index (χ1v) is 10.3. The molecule has 0 aliphatic carbocycles. The second-order valence-corrected chi connectivity index (χ2v) is 7.72. The molecule has 5 nitrogen and oxygen atoms in total. The van der Waals surface area contributed by atoms with Crippen molar-refractivity contribution in [1.29, 1.82) is 0 Å². The summed E-state index contributed by atoms with van der Waals surface area (Å²) in [5, 5.41) is 9.15. The van der Waals surface area contributed by atoms with Gasteiger partial charge in [-0.2, -0.15) is 13.2 Å². The minimum atomic E-state index is -4.50.